The van der Waals surface area contributed by atoms with E-state index in [2.05, 4.69) is 16.0 Å². The van der Waals surface area contributed by atoms with E-state index in [4.69, 9.17) is 4.74 Å². The van der Waals surface area contributed by atoms with Gasteiger partial charge >= 0.3 is 0 Å². The van der Waals surface area contributed by atoms with Gasteiger partial charge in [0.05, 0.1) is 12.7 Å². The maximum atomic E-state index is 12.8. The topological polar surface area (TPSA) is 99.8 Å². The number of nitrogens with zero attached hydrogens (tertiary/aromatic N) is 1. The monoisotopic (exact) mass is 386 g/mol. The maximum Gasteiger partial charge on any atom is 0.255 e. The van der Waals surface area contributed by atoms with Gasteiger partial charge in [-0.25, -0.2) is 0 Å². The zero-order valence-corrected chi connectivity index (χ0v) is 15.8. The molecule has 0 aliphatic carbocycles. The fraction of sp³-hybridized carbons (Fsp3) is 0.550. The van der Waals surface area contributed by atoms with Crippen molar-refractivity contribution in [2.24, 2.45) is 0 Å². The number of hydrogen-bond acceptors (Lipinski definition) is 6. The Morgan fingerprint density at radius 2 is 2.14 bits per heavy atom. The first-order valence-corrected chi connectivity index (χ1v) is 9.91. The summed E-state index contributed by atoms with van der Waals surface area (Å²) in [5.74, 6) is -0.778. The second kappa shape index (κ2) is 8.38. The average molecular weight is 386 g/mol. The van der Waals surface area contributed by atoms with Crippen LogP contribution in [0.5, 0.6) is 0 Å². The summed E-state index contributed by atoms with van der Waals surface area (Å²) in [6.07, 6.45) is 1.85. The highest BCUT2D eigenvalue weighted by molar-refractivity contribution is 6.05. The molecular weight excluding hydrogens is 360 g/mol. The van der Waals surface area contributed by atoms with Crippen molar-refractivity contribution in [2.45, 2.75) is 44.5 Å². The van der Waals surface area contributed by atoms with Crippen molar-refractivity contribution in [3.8, 4) is 0 Å². The highest BCUT2D eigenvalue weighted by Gasteiger charge is 2.39. The molecule has 0 saturated carbocycles. The lowest BCUT2D eigenvalue weighted by Gasteiger charge is -2.29. The molecule has 8 nitrogen and oxygen atoms in total. The summed E-state index contributed by atoms with van der Waals surface area (Å²) >= 11 is 0. The van der Waals surface area contributed by atoms with E-state index >= 15 is 0 Å². The lowest BCUT2D eigenvalue weighted by molar-refractivity contribution is -0.136. The zero-order valence-electron chi connectivity index (χ0n) is 15.8. The number of amides is 3. The zero-order chi connectivity index (χ0) is 19.5. The SMILES string of the molecule is O=C1CCC(N2Cc3ccc(CNCCC4CNCCO4)cc3C2=O)C(=O)N1. The van der Waals surface area contributed by atoms with E-state index in [0.717, 1.165) is 43.8 Å². The van der Waals surface area contributed by atoms with Crippen molar-refractivity contribution < 1.29 is 19.1 Å². The van der Waals surface area contributed by atoms with E-state index < -0.39 is 6.04 Å². The lowest BCUT2D eigenvalue weighted by Crippen LogP contribution is -2.52. The molecule has 150 valence electrons. The number of benzene rings is 1. The van der Waals surface area contributed by atoms with E-state index in [1.165, 1.54) is 0 Å². The Kier molecular flexibility index (Phi) is 5.70. The standard InChI is InChI=1S/C20H26N4O4/c25-18-4-3-17(19(26)23-18)24-12-14-2-1-13(9-16(14)20(24)27)10-21-6-5-15-11-22-7-8-28-15/h1-2,9,15,17,21-22H,3-8,10-12H2,(H,23,25,26). The number of carbonyl (C=O) groups excluding carboxylic acids is 3. The Bertz CT molecular complexity index is 775. The summed E-state index contributed by atoms with van der Waals surface area (Å²) in [6, 6.07) is 5.33. The van der Waals surface area contributed by atoms with Crippen LogP contribution in [0, 0.1) is 0 Å². The van der Waals surface area contributed by atoms with Crippen LogP contribution < -0.4 is 16.0 Å². The van der Waals surface area contributed by atoms with Gasteiger partial charge in [0, 0.05) is 38.2 Å². The van der Waals surface area contributed by atoms with Crippen molar-refractivity contribution in [3.63, 3.8) is 0 Å². The van der Waals surface area contributed by atoms with E-state index in [1.54, 1.807) is 4.90 Å². The maximum absolute atomic E-state index is 12.8. The fourth-order valence-corrected chi connectivity index (χ4v) is 4.01. The van der Waals surface area contributed by atoms with Gasteiger partial charge in [-0.05, 0) is 36.6 Å². The van der Waals surface area contributed by atoms with E-state index in [0.29, 0.717) is 25.1 Å². The molecule has 2 saturated heterocycles. The Hall–Kier alpha value is -2.29. The molecule has 2 fully saturated rings. The van der Waals surface area contributed by atoms with Crippen LogP contribution in [0.25, 0.3) is 0 Å². The van der Waals surface area contributed by atoms with Gasteiger partial charge in [0.25, 0.3) is 5.91 Å². The predicted molar refractivity (Wildman–Crippen MR) is 101 cm³/mol. The highest BCUT2D eigenvalue weighted by atomic mass is 16.5. The van der Waals surface area contributed by atoms with Crippen LogP contribution in [0.15, 0.2) is 18.2 Å². The number of carbonyl (C=O) groups is 3. The number of nitrogens with one attached hydrogen (secondary N) is 3. The largest absolute Gasteiger partial charge is 0.376 e. The van der Waals surface area contributed by atoms with Crippen LogP contribution >= 0.6 is 0 Å². The minimum Gasteiger partial charge on any atom is -0.376 e. The number of imide groups is 1. The molecule has 3 heterocycles. The Morgan fingerprint density at radius 3 is 2.93 bits per heavy atom. The molecule has 3 aliphatic heterocycles. The minimum absolute atomic E-state index is 0.131. The van der Waals surface area contributed by atoms with Crippen LogP contribution in [0.3, 0.4) is 0 Å². The van der Waals surface area contributed by atoms with Crippen LogP contribution in [-0.4, -0.2) is 61.0 Å². The van der Waals surface area contributed by atoms with Crippen molar-refractivity contribution in [3.05, 3.63) is 34.9 Å². The van der Waals surface area contributed by atoms with Crippen molar-refractivity contribution in [1.29, 1.82) is 0 Å². The summed E-state index contributed by atoms with van der Waals surface area (Å²) in [4.78, 5) is 37.9. The van der Waals surface area contributed by atoms with Crippen molar-refractivity contribution >= 4 is 17.7 Å². The van der Waals surface area contributed by atoms with Crippen molar-refractivity contribution in [1.82, 2.24) is 20.9 Å². The Balaban J connectivity index is 1.32. The third-order valence-electron chi connectivity index (χ3n) is 5.57. The number of hydrogen-bond donors (Lipinski definition) is 3. The van der Waals surface area contributed by atoms with Gasteiger partial charge in [0.1, 0.15) is 6.04 Å². The Labute approximate surface area is 164 Å². The van der Waals surface area contributed by atoms with E-state index in [-0.39, 0.29) is 30.2 Å². The highest BCUT2D eigenvalue weighted by Crippen LogP contribution is 2.28. The molecule has 3 aliphatic rings. The minimum atomic E-state index is -0.566. The van der Waals surface area contributed by atoms with Gasteiger partial charge in [-0.1, -0.05) is 12.1 Å². The quantitative estimate of drug-likeness (QED) is 0.467. The molecule has 1 aromatic carbocycles. The number of ether oxygens (including phenoxy) is 1. The van der Waals surface area contributed by atoms with Gasteiger partial charge in [-0.2, -0.15) is 0 Å². The molecular formula is C20H26N4O4. The molecule has 0 aromatic heterocycles. The first-order valence-electron chi connectivity index (χ1n) is 9.91. The third kappa shape index (κ3) is 4.09. The van der Waals surface area contributed by atoms with Crippen LogP contribution in [0.1, 0.15) is 40.7 Å². The number of piperidine rings is 1. The van der Waals surface area contributed by atoms with E-state index in [1.807, 2.05) is 18.2 Å². The normalized spacial score (nSPS) is 25.0. The Morgan fingerprint density at radius 1 is 1.25 bits per heavy atom. The van der Waals surface area contributed by atoms with Gasteiger partial charge < -0.3 is 20.3 Å². The summed E-state index contributed by atoms with van der Waals surface area (Å²) < 4.78 is 5.68. The lowest BCUT2D eigenvalue weighted by atomic mass is 10.0. The number of fused-ring (bicyclic) bond motifs is 1. The predicted octanol–water partition coefficient (Wildman–Crippen LogP) is -0.0843. The van der Waals surface area contributed by atoms with Gasteiger partial charge in [-0.3, -0.25) is 19.7 Å². The molecule has 0 bridgehead atoms. The van der Waals surface area contributed by atoms with Crippen molar-refractivity contribution in [2.75, 3.05) is 26.2 Å². The molecule has 4 rings (SSSR count). The summed E-state index contributed by atoms with van der Waals surface area (Å²) in [6.45, 7) is 4.52. The second-order valence-electron chi connectivity index (χ2n) is 7.55. The van der Waals surface area contributed by atoms with Gasteiger partial charge in [-0.15, -0.1) is 0 Å². The first-order chi connectivity index (χ1) is 13.6. The average Bonchev–Trinajstić information content (AvgIpc) is 3.02. The first kappa shape index (κ1) is 19.0. The molecule has 2 atom stereocenters. The van der Waals surface area contributed by atoms with E-state index in [9.17, 15) is 14.4 Å². The van der Waals surface area contributed by atoms with Crippen LogP contribution in [-0.2, 0) is 27.4 Å². The summed E-state index contributed by atoms with van der Waals surface area (Å²) in [5, 5.41) is 9.06. The summed E-state index contributed by atoms with van der Waals surface area (Å²) in [7, 11) is 0. The number of rotatable bonds is 6. The molecule has 3 N–H and O–H groups in total. The summed E-state index contributed by atoms with van der Waals surface area (Å²) in [5.41, 5.74) is 2.63. The molecule has 1 aromatic rings. The molecule has 0 radical (unpaired) electrons. The molecule has 0 spiro atoms. The molecule has 8 heteroatoms. The molecule has 2 unspecified atom stereocenters. The smallest absolute Gasteiger partial charge is 0.255 e. The second-order valence-corrected chi connectivity index (χ2v) is 7.55. The number of morpholine rings is 1. The van der Waals surface area contributed by atoms with Crippen LogP contribution in [0.4, 0.5) is 0 Å². The van der Waals surface area contributed by atoms with Gasteiger partial charge in [0.2, 0.25) is 11.8 Å². The fourth-order valence-electron chi connectivity index (χ4n) is 4.01. The third-order valence-corrected chi connectivity index (χ3v) is 5.57. The van der Waals surface area contributed by atoms with Crippen LogP contribution in [0.2, 0.25) is 0 Å². The molecule has 3 amide bonds. The van der Waals surface area contributed by atoms with Gasteiger partial charge in [0.15, 0.2) is 0 Å². The molecule has 28 heavy (non-hydrogen) atoms.